The third-order valence-corrected chi connectivity index (χ3v) is 6.35. The van der Waals surface area contributed by atoms with E-state index in [1.807, 2.05) is 12.8 Å². The van der Waals surface area contributed by atoms with E-state index >= 15 is 0 Å². The first-order valence-electron chi connectivity index (χ1n) is 13.3. The summed E-state index contributed by atoms with van der Waals surface area (Å²) in [6.45, 7) is 2.05. The zero-order valence-electron chi connectivity index (χ0n) is 23.2. The summed E-state index contributed by atoms with van der Waals surface area (Å²) in [6, 6.07) is 6.86. The van der Waals surface area contributed by atoms with Crippen LogP contribution in [0.5, 0.6) is 5.75 Å². The van der Waals surface area contributed by atoms with Gasteiger partial charge in [0.25, 0.3) is 0 Å². The summed E-state index contributed by atoms with van der Waals surface area (Å²) in [5, 5.41) is 0. The first-order chi connectivity index (χ1) is 21.3. The number of ether oxygens (including phenoxy) is 1. The summed E-state index contributed by atoms with van der Waals surface area (Å²) in [4.78, 5) is 0. The minimum Gasteiger partial charge on any atom is -0.429 e. The van der Waals surface area contributed by atoms with Gasteiger partial charge in [0, 0.05) is 23.3 Å². The quantitative estimate of drug-likeness (QED) is 0.0852. The van der Waals surface area contributed by atoms with Crippen LogP contribution in [0.4, 0.5) is 43.9 Å². The van der Waals surface area contributed by atoms with Crippen LogP contribution in [0, 0.1) is 70.2 Å². The molecular weight excluding hydrogens is 614 g/mol. The Morgan fingerprint density at radius 3 is 1.71 bits per heavy atom. The van der Waals surface area contributed by atoms with Crippen molar-refractivity contribution in [3.05, 3.63) is 135 Å². The van der Waals surface area contributed by atoms with Gasteiger partial charge in [0.2, 0.25) is 0 Å². The van der Waals surface area contributed by atoms with Crippen molar-refractivity contribution in [2.24, 2.45) is 0 Å². The van der Waals surface area contributed by atoms with E-state index in [4.69, 9.17) is 0 Å². The molecule has 0 unspecified atom stereocenters. The lowest BCUT2D eigenvalue weighted by Crippen LogP contribution is -2.25. The van der Waals surface area contributed by atoms with Gasteiger partial charge in [0.05, 0.1) is 11.1 Å². The zero-order valence-corrected chi connectivity index (χ0v) is 23.2. The van der Waals surface area contributed by atoms with Crippen molar-refractivity contribution in [1.82, 2.24) is 0 Å². The largest absolute Gasteiger partial charge is 0.432 e. The average molecular weight is 635 g/mol. The molecule has 0 heterocycles. The molecule has 11 heteroatoms. The number of hydrogen-bond donors (Lipinski definition) is 0. The lowest BCUT2D eigenvalue weighted by molar-refractivity contribution is -0.189. The summed E-state index contributed by atoms with van der Waals surface area (Å²) in [6.07, 6.45) is -1.21. The van der Waals surface area contributed by atoms with Crippen LogP contribution in [0.15, 0.2) is 54.6 Å². The van der Waals surface area contributed by atoms with Crippen molar-refractivity contribution in [2.45, 2.75) is 38.7 Å². The molecule has 0 spiro atoms. The summed E-state index contributed by atoms with van der Waals surface area (Å²) < 4.78 is 146. The van der Waals surface area contributed by atoms with Gasteiger partial charge in [-0.25, -0.2) is 35.1 Å². The maximum atomic E-state index is 14.7. The molecule has 0 atom stereocenters. The maximum absolute atomic E-state index is 14.7. The van der Waals surface area contributed by atoms with Crippen LogP contribution in [0.25, 0.3) is 0 Å². The number of benzene rings is 4. The first kappa shape index (κ1) is 33.0. The molecule has 0 fully saturated rings. The molecule has 0 bridgehead atoms. The second-order valence-electron chi connectivity index (χ2n) is 9.72. The summed E-state index contributed by atoms with van der Waals surface area (Å²) in [5.41, 5.74) is -2.77. The molecule has 4 aromatic carbocycles. The van der Waals surface area contributed by atoms with E-state index in [0.717, 1.165) is 37.0 Å². The average Bonchev–Trinajstić information content (AvgIpc) is 2.94. The Bertz CT molecular complexity index is 1810. The van der Waals surface area contributed by atoms with E-state index in [0.29, 0.717) is 18.6 Å². The first-order valence-corrected chi connectivity index (χ1v) is 13.3. The molecule has 45 heavy (non-hydrogen) atoms. The maximum Gasteiger partial charge on any atom is 0.432 e. The lowest BCUT2D eigenvalue weighted by atomic mass is 10.0. The molecule has 0 radical (unpaired) electrons. The van der Waals surface area contributed by atoms with E-state index in [9.17, 15) is 43.9 Å². The molecule has 0 aliphatic heterocycles. The fourth-order valence-electron chi connectivity index (χ4n) is 4.15. The van der Waals surface area contributed by atoms with E-state index in [-0.39, 0.29) is 23.3 Å². The van der Waals surface area contributed by atoms with Gasteiger partial charge < -0.3 is 4.74 Å². The Morgan fingerprint density at radius 2 is 1.16 bits per heavy atom. The van der Waals surface area contributed by atoms with Crippen LogP contribution in [0.1, 0.15) is 59.6 Å². The van der Waals surface area contributed by atoms with Crippen molar-refractivity contribution < 1.29 is 48.6 Å². The highest BCUT2D eigenvalue weighted by atomic mass is 19.3. The molecule has 0 aromatic heterocycles. The minimum atomic E-state index is -4.83. The van der Waals surface area contributed by atoms with Crippen molar-refractivity contribution in [2.75, 3.05) is 0 Å². The lowest BCUT2D eigenvalue weighted by Gasteiger charge is -2.19. The van der Waals surface area contributed by atoms with Gasteiger partial charge >= 0.3 is 6.11 Å². The Balaban J connectivity index is 1.54. The van der Waals surface area contributed by atoms with Crippen molar-refractivity contribution in [3.8, 4) is 29.4 Å². The number of alkyl halides is 2. The molecule has 0 saturated heterocycles. The highest BCUT2D eigenvalue weighted by Crippen LogP contribution is 2.36. The Labute approximate surface area is 251 Å². The van der Waals surface area contributed by atoms with E-state index in [1.165, 1.54) is 12.1 Å². The molecule has 1 nitrogen and oxygen atoms in total. The second kappa shape index (κ2) is 13.8. The topological polar surface area (TPSA) is 9.23 Å². The van der Waals surface area contributed by atoms with E-state index in [2.05, 4.69) is 22.5 Å². The summed E-state index contributed by atoms with van der Waals surface area (Å²) in [5.74, 6) is -4.81. The van der Waals surface area contributed by atoms with Crippen LogP contribution in [0.2, 0.25) is 0 Å². The molecule has 0 saturated carbocycles. The van der Waals surface area contributed by atoms with Crippen molar-refractivity contribution in [3.63, 3.8) is 0 Å². The number of rotatable bonds is 7. The zero-order chi connectivity index (χ0) is 32.9. The number of halogens is 10. The van der Waals surface area contributed by atoms with Crippen LogP contribution in [0.3, 0.4) is 0 Å². The SMILES string of the molecule is CCCCCc1ccc(C#Cc2cc(F)c(C#Cc3cc(F)c(C(F)(F)Oc4cc(F)c(F)c(F)c4)c(F)c3)c(F)c2)c(F)c1. The highest BCUT2D eigenvalue weighted by molar-refractivity contribution is 5.50. The molecular formula is C34H20F10O. The fourth-order valence-corrected chi connectivity index (χ4v) is 4.15. The number of unbranched alkanes of at least 4 members (excludes halogenated alkanes) is 2. The predicted octanol–water partition coefficient (Wildman–Crippen LogP) is 9.46. The van der Waals surface area contributed by atoms with E-state index < -0.39 is 75.1 Å². The predicted molar refractivity (Wildman–Crippen MR) is 145 cm³/mol. The van der Waals surface area contributed by atoms with Gasteiger partial charge in [-0.1, -0.05) is 49.5 Å². The fraction of sp³-hybridized carbons (Fsp3) is 0.176. The number of hydrogen-bond acceptors (Lipinski definition) is 1. The Hall–Kier alpha value is -4.90. The van der Waals surface area contributed by atoms with Gasteiger partial charge in [0.1, 0.15) is 40.4 Å². The van der Waals surface area contributed by atoms with Crippen molar-refractivity contribution in [1.29, 1.82) is 0 Å². The third-order valence-electron chi connectivity index (χ3n) is 6.35. The van der Waals surface area contributed by atoms with Gasteiger partial charge in [-0.15, -0.1) is 0 Å². The van der Waals surface area contributed by atoms with E-state index in [1.54, 1.807) is 6.07 Å². The molecule has 4 rings (SSSR count). The molecule has 0 aliphatic carbocycles. The normalized spacial score (nSPS) is 11.0. The number of aryl methyl sites for hydroxylation is 1. The van der Waals surface area contributed by atoms with Crippen molar-refractivity contribution >= 4 is 0 Å². The molecule has 232 valence electrons. The van der Waals surface area contributed by atoms with Gasteiger partial charge in [0.15, 0.2) is 17.5 Å². The van der Waals surface area contributed by atoms with Crippen LogP contribution < -0.4 is 4.74 Å². The molecule has 0 amide bonds. The molecule has 0 N–H and O–H groups in total. The summed E-state index contributed by atoms with van der Waals surface area (Å²) in [7, 11) is 0. The molecule has 0 aliphatic rings. The van der Waals surface area contributed by atoms with Gasteiger partial charge in [-0.3, -0.25) is 0 Å². The smallest absolute Gasteiger partial charge is 0.429 e. The van der Waals surface area contributed by atoms with Gasteiger partial charge in [-0.2, -0.15) is 8.78 Å². The highest BCUT2D eigenvalue weighted by Gasteiger charge is 2.41. The van der Waals surface area contributed by atoms with Crippen LogP contribution >= 0.6 is 0 Å². The van der Waals surface area contributed by atoms with Gasteiger partial charge in [-0.05, 0) is 54.8 Å². The summed E-state index contributed by atoms with van der Waals surface area (Å²) >= 11 is 0. The Kier molecular flexibility index (Phi) is 10.1. The standard InChI is InChI=1S/C34H20F10O/c1-2-3-4-5-19-6-9-22(25(35)12-19)10-7-20-13-26(36)24(27(37)14-20)11-8-21-15-28(38)32(29(39)16-21)34(43,44)45-23-17-30(40)33(42)31(41)18-23/h6,9,12-18H,2-5H2,1H3. The third kappa shape index (κ3) is 7.98. The molecule has 4 aromatic rings. The Morgan fingerprint density at radius 1 is 0.600 bits per heavy atom. The monoisotopic (exact) mass is 634 g/mol. The second-order valence-corrected chi connectivity index (χ2v) is 9.72. The van der Waals surface area contributed by atoms with Crippen LogP contribution in [-0.4, -0.2) is 0 Å². The van der Waals surface area contributed by atoms with Crippen LogP contribution in [-0.2, 0) is 12.5 Å². The minimum absolute atomic E-state index is 0.0133.